The third-order valence-corrected chi connectivity index (χ3v) is 4.15. The number of carboxylic acid groups (broad SMARTS) is 1. The molecule has 4 nitrogen and oxygen atoms in total. The molecular formula is C19H14N2O2. The fourth-order valence-electron chi connectivity index (χ4n) is 3.01. The minimum Gasteiger partial charge on any atom is -0.478 e. The van der Waals surface area contributed by atoms with E-state index < -0.39 is 5.97 Å². The Bertz CT molecular complexity index is 973. The van der Waals surface area contributed by atoms with Gasteiger partial charge in [0.2, 0.25) is 0 Å². The summed E-state index contributed by atoms with van der Waals surface area (Å²) in [5, 5.41) is 10.2. The maximum atomic E-state index is 11.0. The van der Waals surface area contributed by atoms with Gasteiger partial charge in [0.15, 0.2) is 0 Å². The van der Waals surface area contributed by atoms with Crippen LogP contribution >= 0.6 is 0 Å². The lowest BCUT2D eigenvalue weighted by Gasteiger charge is -2.11. The molecule has 4 heteroatoms. The van der Waals surface area contributed by atoms with E-state index in [1.54, 1.807) is 12.1 Å². The molecule has 1 aromatic carbocycles. The Hall–Kier alpha value is -3.01. The van der Waals surface area contributed by atoms with Crippen molar-refractivity contribution >= 4 is 22.9 Å². The summed E-state index contributed by atoms with van der Waals surface area (Å²) in [5.74, 6) is -0.976. The van der Waals surface area contributed by atoms with Crippen LogP contribution in [0.1, 0.15) is 27.0 Å². The van der Waals surface area contributed by atoms with Gasteiger partial charge in [-0.05, 0) is 43.2 Å². The molecule has 0 saturated heterocycles. The highest BCUT2D eigenvalue weighted by molar-refractivity contribution is 5.93. The average molecular weight is 302 g/mol. The Morgan fingerprint density at radius 3 is 2.83 bits per heavy atom. The molecule has 0 amide bonds. The van der Waals surface area contributed by atoms with Crippen LogP contribution in [0, 0.1) is 6.92 Å². The summed E-state index contributed by atoms with van der Waals surface area (Å²) in [4.78, 5) is 20.0. The molecule has 1 aliphatic carbocycles. The van der Waals surface area contributed by atoms with E-state index in [4.69, 9.17) is 10.1 Å². The lowest BCUT2D eigenvalue weighted by molar-refractivity contribution is 0.0696. The number of carbonyl (C=O) groups is 1. The van der Waals surface area contributed by atoms with E-state index in [1.807, 2.05) is 6.07 Å². The Kier molecular flexibility index (Phi) is 2.98. The molecule has 0 saturated carbocycles. The molecule has 0 aliphatic heterocycles. The van der Waals surface area contributed by atoms with Gasteiger partial charge in [0.25, 0.3) is 0 Å². The summed E-state index contributed by atoms with van der Waals surface area (Å²) in [5.41, 5.74) is 6.18. The van der Waals surface area contributed by atoms with Crippen molar-refractivity contribution in [3.05, 3.63) is 64.9 Å². The first-order valence-corrected chi connectivity index (χ1v) is 7.43. The van der Waals surface area contributed by atoms with E-state index in [9.17, 15) is 4.79 Å². The van der Waals surface area contributed by atoms with Crippen LogP contribution in [0.2, 0.25) is 0 Å². The Morgan fingerprint density at radius 1 is 1.22 bits per heavy atom. The molecule has 0 unspecified atom stereocenters. The Labute approximate surface area is 133 Å². The number of benzene rings is 1. The van der Waals surface area contributed by atoms with Gasteiger partial charge < -0.3 is 5.11 Å². The normalized spacial score (nSPS) is 12.6. The fourth-order valence-corrected chi connectivity index (χ4v) is 3.01. The van der Waals surface area contributed by atoms with E-state index in [-0.39, 0.29) is 5.56 Å². The van der Waals surface area contributed by atoms with Crippen LogP contribution in [-0.4, -0.2) is 21.0 Å². The highest BCUT2D eigenvalue weighted by Crippen LogP contribution is 2.34. The van der Waals surface area contributed by atoms with Crippen molar-refractivity contribution in [2.45, 2.75) is 13.3 Å². The topological polar surface area (TPSA) is 63.1 Å². The number of fused-ring (bicyclic) bond motifs is 3. The molecule has 2 heterocycles. The number of aryl methyl sites for hydroxylation is 1. The van der Waals surface area contributed by atoms with Gasteiger partial charge in [-0.1, -0.05) is 23.8 Å². The summed E-state index contributed by atoms with van der Waals surface area (Å²) in [7, 11) is 0. The van der Waals surface area contributed by atoms with Crippen molar-refractivity contribution in [1.29, 1.82) is 0 Å². The van der Waals surface area contributed by atoms with Crippen molar-refractivity contribution in [3.63, 3.8) is 0 Å². The first-order chi connectivity index (χ1) is 11.1. The lowest BCUT2D eigenvalue weighted by Crippen LogP contribution is -2.00. The second-order valence-electron chi connectivity index (χ2n) is 5.72. The number of allylic oxidation sites excluding steroid dienone is 1. The van der Waals surface area contributed by atoms with Crippen molar-refractivity contribution < 1.29 is 9.90 Å². The molecule has 4 rings (SSSR count). The Balaban J connectivity index is 1.95. The minimum atomic E-state index is -0.976. The molecule has 2 aromatic heterocycles. The predicted octanol–water partition coefficient (Wildman–Crippen LogP) is 3.87. The quantitative estimate of drug-likeness (QED) is 0.780. The van der Waals surface area contributed by atoms with Gasteiger partial charge in [-0.2, -0.15) is 0 Å². The van der Waals surface area contributed by atoms with E-state index in [0.29, 0.717) is 5.69 Å². The number of rotatable bonds is 2. The molecular weight excluding hydrogens is 288 g/mol. The molecule has 0 spiro atoms. The van der Waals surface area contributed by atoms with Crippen molar-refractivity contribution in [2.24, 2.45) is 0 Å². The summed E-state index contributed by atoms with van der Waals surface area (Å²) >= 11 is 0. The highest BCUT2D eigenvalue weighted by Gasteiger charge is 2.18. The smallest absolute Gasteiger partial charge is 0.337 e. The van der Waals surface area contributed by atoms with Crippen LogP contribution in [0.15, 0.2) is 42.6 Å². The van der Waals surface area contributed by atoms with Crippen molar-refractivity contribution in [2.75, 3.05) is 0 Å². The van der Waals surface area contributed by atoms with E-state index in [2.05, 4.69) is 36.2 Å². The van der Waals surface area contributed by atoms with E-state index >= 15 is 0 Å². The summed E-state index contributed by atoms with van der Waals surface area (Å²) in [6, 6.07) is 9.53. The monoisotopic (exact) mass is 302 g/mol. The van der Waals surface area contributed by atoms with Crippen molar-refractivity contribution in [3.8, 4) is 11.4 Å². The van der Waals surface area contributed by atoms with Gasteiger partial charge in [-0.3, -0.25) is 4.98 Å². The average Bonchev–Trinajstić information content (AvgIpc) is 3.04. The second kappa shape index (κ2) is 5.02. The van der Waals surface area contributed by atoms with Gasteiger partial charge in [-0.25, -0.2) is 9.78 Å². The van der Waals surface area contributed by atoms with Crippen molar-refractivity contribution in [1.82, 2.24) is 9.97 Å². The van der Waals surface area contributed by atoms with Crippen LogP contribution in [0.25, 0.3) is 28.4 Å². The molecule has 0 atom stereocenters. The first kappa shape index (κ1) is 13.6. The lowest BCUT2D eigenvalue weighted by atomic mass is 9.99. The van der Waals surface area contributed by atoms with Crippen LogP contribution in [-0.2, 0) is 6.42 Å². The number of hydrogen-bond donors (Lipinski definition) is 1. The number of nitrogens with zero attached hydrogens (tertiary/aromatic N) is 2. The molecule has 112 valence electrons. The van der Waals surface area contributed by atoms with Gasteiger partial charge in [-0.15, -0.1) is 0 Å². The summed E-state index contributed by atoms with van der Waals surface area (Å²) in [6.45, 7) is 2.08. The summed E-state index contributed by atoms with van der Waals surface area (Å²) < 4.78 is 0. The maximum absolute atomic E-state index is 11.0. The molecule has 1 N–H and O–H groups in total. The number of carboxylic acids is 1. The van der Waals surface area contributed by atoms with Gasteiger partial charge in [0.1, 0.15) is 0 Å². The number of aromatic carboxylic acids is 1. The zero-order valence-corrected chi connectivity index (χ0v) is 12.6. The standard InChI is InChI=1S/C19H14N2O2/c1-11-5-7-16-15(9-11)13-3-2-4-14(13)18(21-16)17-8-6-12(10-20-17)19(22)23/h2,4-10H,3H2,1H3,(H,22,23). The van der Waals surface area contributed by atoms with Crippen LogP contribution in [0.4, 0.5) is 0 Å². The van der Waals surface area contributed by atoms with Crippen LogP contribution in [0.5, 0.6) is 0 Å². The molecule has 0 radical (unpaired) electrons. The number of aromatic nitrogens is 2. The fraction of sp³-hybridized carbons (Fsp3) is 0.105. The predicted molar refractivity (Wildman–Crippen MR) is 89.4 cm³/mol. The second-order valence-corrected chi connectivity index (χ2v) is 5.72. The number of pyridine rings is 2. The molecule has 1 aliphatic rings. The number of hydrogen-bond acceptors (Lipinski definition) is 3. The minimum absolute atomic E-state index is 0.178. The van der Waals surface area contributed by atoms with E-state index in [1.165, 1.54) is 22.7 Å². The SMILES string of the molecule is Cc1ccc2nc(-c3ccc(C(=O)O)cn3)c3c(c2c1)CC=C3. The van der Waals surface area contributed by atoms with E-state index in [0.717, 1.165) is 23.2 Å². The van der Waals surface area contributed by atoms with Gasteiger partial charge in [0, 0.05) is 17.1 Å². The summed E-state index contributed by atoms with van der Waals surface area (Å²) in [6.07, 6.45) is 6.47. The molecule has 3 aromatic rings. The third kappa shape index (κ3) is 2.19. The van der Waals surface area contributed by atoms with Crippen LogP contribution < -0.4 is 0 Å². The zero-order valence-electron chi connectivity index (χ0n) is 12.6. The van der Waals surface area contributed by atoms with Crippen LogP contribution in [0.3, 0.4) is 0 Å². The zero-order chi connectivity index (χ0) is 16.0. The first-order valence-electron chi connectivity index (χ1n) is 7.43. The molecule has 0 fully saturated rings. The largest absolute Gasteiger partial charge is 0.478 e. The van der Waals surface area contributed by atoms with Gasteiger partial charge >= 0.3 is 5.97 Å². The van der Waals surface area contributed by atoms with Gasteiger partial charge in [0.05, 0.1) is 22.5 Å². The third-order valence-electron chi connectivity index (χ3n) is 4.15. The molecule has 23 heavy (non-hydrogen) atoms. The Morgan fingerprint density at radius 2 is 2.09 bits per heavy atom. The molecule has 0 bridgehead atoms. The maximum Gasteiger partial charge on any atom is 0.337 e. The highest BCUT2D eigenvalue weighted by atomic mass is 16.4.